The maximum absolute atomic E-state index is 12.8. The summed E-state index contributed by atoms with van der Waals surface area (Å²) in [5.74, 6) is 1.24. The van der Waals surface area contributed by atoms with Gasteiger partial charge in [-0.25, -0.2) is 0 Å². The van der Waals surface area contributed by atoms with Crippen LogP contribution in [0.15, 0.2) is 47.4 Å². The van der Waals surface area contributed by atoms with Gasteiger partial charge in [0.05, 0.1) is 5.41 Å². The summed E-state index contributed by atoms with van der Waals surface area (Å²) in [5, 5.41) is 2.92. The minimum absolute atomic E-state index is 0.130. The second-order valence-electron chi connectivity index (χ2n) is 6.42. The number of benzene rings is 2. The first kappa shape index (κ1) is 17.5. The van der Waals surface area contributed by atoms with E-state index >= 15 is 0 Å². The molecule has 0 bridgehead atoms. The van der Waals surface area contributed by atoms with Gasteiger partial charge in [0.1, 0.15) is 13.2 Å². The average Bonchev–Trinajstić information content (AvgIpc) is 2.61. The number of hydrogen-bond donors (Lipinski definition) is 1. The summed E-state index contributed by atoms with van der Waals surface area (Å²) in [6, 6.07) is 12.6. The number of carbonyl (C=O) groups is 1. The minimum Gasteiger partial charge on any atom is -0.486 e. The molecule has 1 atom stereocenters. The highest BCUT2D eigenvalue weighted by Gasteiger charge is 2.31. The van der Waals surface area contributed by atoms with E-state index in [1.54, 1.807) is 30.5 Å². The summed E-state index contributed by atoms with van der Waals surface area (Å²) in [6.07, 6.45) is 1.62. The summed E-state index contributed by atoms with van der Waals surface area (Å²) in [4.78, 5) is 13.5. The molecule has 1 N–H and O–H groups in total. The number of nitrogens with one attached hydrogen (secondary N) is 1. The largest absolute Gasteiger partial charge is 0.486 e. The van der Waals surface area contributed by atoms with Crippen LogP contribution in [0.25, 0.3) is 0 Å². The summed E-state index contributed by atoms with van der Waals surface area (Å²) >= 11 is 0. The highest BCUT2D eigenvalue weighted by molar-refractivity contribution is 7.84. The molecule has 0 spiro atoms. The fourth-order valence-corrected chi connectivity index (χ4v) is 3.10. The summed E-state index contributed by atoms with van der Waals surface area (Å²) < 4.78 is 22.6. The van der Waals surface area contributed by atoms with Crippen molar-refractivity contribution in [1.29, 1.82) is 0 Å². The Morgan fingerprint density at radius 3 is 2.32 bits per heavy atom. The Labute approximate surface area is 149 Å². The standard InChI is InChI=1S/C19H21NO4S/c1-19(2,13-4-9-16-17(12-13)24-11-10-23-16)18(21)20-14-5-7-15(8-6-14)25(3)22/h4-9,12H,10-11H2,1-3H3,(H,20,21)/t25-/m1/s1. The van der Waals surface area contributed by atoms with Crippen LogP contribution in [-0.2, 0) is 21.0 Å². The quantitative estimate of drug-likeness (QED) is 0.911. The van der Waals surface area contributed by atoms with Crippen LogP contribution in [0.5, 0.6) is 11.5 Å². The molecule has 1 heterocycles. The lowest BCUT2D eigenvalue weighted by Gasteiger charge is -2.26. The van der Waals surface area contributed by atoms with Gasteiger partial charge >= 0.3 is 0 Å². The highest BCUT2D eigenvalue weighted by atomic mass is 32.2. The van der Waals surface area contributed by atoms with Crippen molar-refractivity contribution in [2.75, 3.05) is 24.8 Å². The van der Waals surface area contributed by atoms with Crippen molar-refractivity contribution < 1.29 is 18.5 Å². The molecule has 0 saturated carbocycles. The summed E-state index contributed by atoms with van der Waals surface area (Å²) in [6.45, 7) is 4.77. The van der Waals surface area contributed by atoms with Crippen LogP contribution in [0, 0.1) is 0 Å². The molecular weight excluding hydrogens is 338 g/mol. The first-order chi connectivity index (χ1) is 11.9. The smallest absolute Gasteiger partial charge is 0.234 e. The zero-order valence-corrected chi connectivity index (χ0v) is 15.3. The fourth-order valence-electron chi connectivity index (χ4n) is 2.58. The van der Waals surface area contributed by atoms with Gasteiger partial charge in [-0.2, -0.15) is 0 Å². The van der Waals surface area contributed by atoms with Crippen molar-refractivity contribution in [2.45, 2.75) is 24.2 Å². The van der Waals surface area contributed by atoms with E-state index in [1.165, 1.54) is 0 Å². The number of rotatable bonds is 4. The van der Waals surface area contributed by atoms with Gasteiger partial charge in [0.15, 0.2) is 11.5 Å². The molecule has 25 heavy (non-hydrogen) atoms. The summed E-state index contributed by atoms with van der Waals surface area (Å²) in [7, 11) is -1.04. The summed E-state index contributed by atoms with van der Waals surface area (Å²) in [5.41, 5.74) is 0.771. The topological polar surface area (TPSA) is 64.6 Å². The molecule has 132 valence electrons. The van der Waals surface area contributed by atoms with Crippen LogP contribution in [0.3, 0.4) is 0 Å². The molecule has 5 nitrogen and oxygen atoms in total. The molecule has 1 aliphatic heterocycles. The zero-order valence-electron chi connectivity index (χ0n) is 14.5. The predicted octanol–water partition coefficient (Wildman–Crippen LogP) is 3.11. The molecule has 0 unspecified atom stereocenters. The molecule has 0 radical (unpaired) electrons. The molecule has 0 saturated heterocycles. The number of carbonyl (C=O) groups excluding carboxylic acids is 1. The first-order valence-electron chi connectivity index (χ1n) is 8.03. The van der Waals surface area contributed by atoms with Crippen LogP contribution in [0.2, 0.25) is 0 Å². The fraction of sp³-hybridized carbons (Fsp3) is 0.316. The lowest BCUT2D eigenvalue weighted by atomic mass is 9.83. The van der Waals surface area contributed by atoms with Crippen molar-refractivity contribution in [3.8, 4) is 11.5 Å². The van der Waals surface area contributed by atoms with Crippen LogP contribution < -0.4 is 14.8 Å². The van der Waals surface area contributed by atoms with Crippen molar-refractivity contribution in [3.63, 3.8) is 0 Å². The molecule has 2 aromatic carbocycles. The van der Waals surface area contributed by atoms with E-state index in [-0.39, 0.29) is 5.91 Å². The van der Waals surface area contributed by atoms with Gasteiger partial charge in [-0.3, -0.25) is 9.00 Å². The Morgan fingerprint density at radius 1 is 1.04 bits per heavy atom. The maximum Gasteiger partial charge on any atom is 0.234 e. The minimum atomic E-state index is -1.04. The molecule has 0 aliphatic carbocycles. The van der Waals surface area contributed by atoms with Gasteiger partial charge in [0.25, 0.3) is 0 Å². The molecule has 0 aromatic heterocycles. The average molecular weight is 359 g/mol. The molecule has 6 heteroatoms. The van der Waals surface area contributed by atoms with E-state index in [2.05, 4.69) is 5.32 Å². The molecule has 2 aromatic rings. The molecule has 1 aliphatic rings. The molecular formula is C19H21NO4S. The van der Waals surface area contributed by atoms with Crippen LogP contribution >= 0.6 is 0 Å². The SMILES string of the molecule is C[S@@](=O)c1ccc(NC(=O)C(C)(C)c2ccc3c(c2)OCCO3)cc1. The highest BCUT2D eigenvalue weighted by Crippen LogP contribution is 2.35. The van der Waals surface area contributed by atoms with Crippen molar-refractivity contribution in [2.24, 2.45) is 0 Å². The van der Waals surface area contributed by atoms with Gasteiger partial charge in [0, 0.05) is 27.6 Å². The Kier molecular flexibility index (Phi) is 4.81. The van der Waals surface area contributed by atoms with E-state index in [0.717, 1.165) is 10.5 Å². The van der Waals surface area contributed by atoms with Gasteiger partial charge in [-0.1, -0.05) is 6.07 Å². The number of ether oxygens (including phenoxy) is 2. The third-order valence-corrected chi connectivity index (χ3v) is 5.21. The van der Waals surface area contributed by atoms with Gasteiger partial charge in [-0.15, -0.1) is 0 Å². The van der Waals surface area contributed by atoms with Crippen molar-refractivity contribution in [3.05, 3.63) is 48.0 Å². The van der Waals surface area contributed by atoms with Gasteiger partial charge < -0.3 is 14.8 Å². The van der Waals surface area contributed by atoms with Crippen LogP contribution in [0.1, 0.15) is 19.4 Å². The number of anilines is 1. The van der Waals surface area contributed by atoms with Crippen LogP contribution in [-0.4, -0.2) is 29.6 Å². The van der Waals surface area contributed by atoms with Gasteiger partial charge in [-0.05, 0) is 55.8 Å². The van der Waals surface area contributed by atoms with E-state index < -0.39 is 16.2 Å². The molecule has 1 amide bonds. The normalized spacial score (nSPS) is 14.7. The second kappa shape index (κ2) is 6.88. The Balaban J connectivity index is 1.79. The lowest BCUT2D eigenvalue weighted by molar-refractivity contribution is -0.120. The lowest BCUT2D eigenvalue weighted by Crippen LogP contribution is -2.34. The third kappa shape index (κ3) is 3.69. The maximum atomic E-state index is 12.8. The Bertz CT molecular complexity index is 815. The number of fused-ring (bicyclic) bond motifs is 1. The first-order valence-corrected chi connectivity index (χ1v) is 9.59. The monoisotopic (exact) mass is 359 g/mol. The van der Waals surface area contributed by atoms with Crippen molar-refractivity contribution >= 4 is 22.4 Å². The Morgan fingerprint density at radius 2 is 1.68 bits per heavy atom. The predicted molar refractivity (Wildman–Crippen MR) is 97.9 cm³/mol. The third-order valence-electron chi connectivity index (χ3n) is 4.28. The zero-order chi connectivity index (χ0) is 18.0. The van der Waals surface area contributed by atoms with E-state index in [9.17, 15) is 9.00 Å². The van der Waals surface area contributed by atoms with Crippen molar-refractivity contribution in [1.82, 2.24) is 0 Å². The van der Waals surface area contributed by atoms with E-state index in [4.69, 9.17) is 9.47 Å². The van der Waals surface area contributed by atoms with Gasteiger partial charge in [0.2, 0.25) is 5.91 Å². The van der Waals surface area contributed by atoms with E-state index in [0.29, 0.717) is 30.4 Å². The number of amides is 1. The molecule has 3 rings (SSSR count). The second-order valence-corrected chi connectivity index (χ2v) is 7.80. The number of hydrogen-bond acceptors (Lipinski definition) is 4. The Hall–Kier alpha value is -2.34. The molecule has 0 fully saturated rings. The van der Waals surface area contributed by atoms with E-state index in [1.807, 2.05) is 32.0 Å². The van der Waals surface area contributed by atoms with Crippen LogP contribution in [0.4, 0.5) is 5.69 Å².